The quantitative estimate of drug-likeness (QED) is 0.674. The number of H-pyrrole nitrogens is 1. The summed E-state index contributed by atoms with van der Waals surface area (Å²) >= 11 is 0. The molecule has 2 bridgehead atoms. The van der Waals surface area contributed by atoms with Gasteiger partial charge in [0, 0.05) is 29.6 Å². The van der Waals surface area contributed by atoms with Crippen molar-refractivity contribution in [3.05, 3.63) is 29.3 Å². The zero-order valence-corrected chi connectivity index (χ0v) is 13.3. The Labute approximate surface area is 135 Å². The molecule has 6 rings (SSSR count). The number of hydrogen-bond acceptors (Lipinski definition) is 3. The smallest absolute Gasteiger partial charge is 0.235 e. The summed E-state index contributed by atoms with van der Waals surface area (Å²) in [6.07, 6.45) is 8.59. The molecule has 2 aromatic rings. The van der Waals surface area contributed by atoms with E-state index in [1.807, 2.05) is 6.08 Å². The molecule has 3 aliphatic heterocycles. The molecule has 23 heavy (non-hydrogen) atoms. The van der Waals surface area contributed by atoms with Gasteiger partial charge in [0.05, 0.1) is 5.54 Å². The molecule has 0 unspecified atom stereocenters. The van der Waals surface area contributed by atoms with Crippen LogP contribution in [-0.2, 0) is 10.3 Å². The molecule has 118 valence electrons. The molecule has 1 aromatic heterocycles. The second-order valence-electron chi connectivity index (χ2n) is 7.35. The van der Waals surface area contributed by atoms with Crippen LogP contribution in [0.5, 0.6) is 0 Å². The number of hydrogen-bond donors (Lipinski definition) is 1. The monoisotopic (exact) mass is 307 g/mol. The second-order valence-corrected chi connectivity index (χ2v) is 7.35. The average molecular weight is 307 g/mol. The first-order valence-corrected chi connectivity index (χ1v) is 8.81. The van der Waals surface area contributed by atoms with E-state index in [0.29, 0.717) is 5.92 Å². The molecule has 1 aliphatic carbocycles. The molecule has 4 aliphatic rings. The van der Waals surface area contributed by atoms with E-state index in [1.165, 1.54) is 53.8 Å². The number of aromatic amines is 1. The van der Waals surface area contributed by atoms with E-state index >= 15 is 0 Å². The molecular formula is C19H21N3O. The van der Waals surface area contributed by atoms with Gasteiger partial charge in [0.25, 0.3) is 0 Å². The second kappa shape index (κ2) is 4.72. The molecule has 4 nitrogen and oxygen atoms in total. The van der Waals surface area contributed by atoms with E-state index in [1.54, 1.807) is 0 Å². The van der Waals surface area contributed by atoms with Crippen LogP contribution in [0.15, 0.2) is 23.2 Å². The van der Waals surface area contributed by atoms with Crippen molar-refractivity contribution in [2.75, 3.05) is 18.0 Å². The van der Waals surface area contributed by atoms with Crippen LogP contribution < -0.4 is 4.90 Å². The van der Waals surface area contributed by atoms with Crippen LogP contribution >= 0.6 is 0 Å². The Balaban J connectivity index is 1.71. The van der Waals surface area contributed by atoms with Gasteiger partial charge >= 0.3 is 0 Å². The van der Waals surface area contributed by atoms with Crippen LogP contribution in [0, 0.1) is 0 Å². The van der Waals surface area contributed by atoms with Crippen molar-refractivity contribution in [1.82, 2.24) is 4.98 Å². The zero-order valence-electron chi connectivity index (χ0n) is 13.3. The number of fused-ring (bicyclic) bond motifs is 3. The highest BCUT2D eigenvalue weighted by atomic mass is 16.1. The molecule has 0 spiro atoms. The number of piperidine rings is 1. The van der Waals surface area contributed by atoms with Gasteiger partial charge in [-0.2, -0.15) is 4.99 Å². The average Bonchev–Trinajstić information content (AvgIpc) is 3.21. The first-order chi connectivity index (χ1) is 11.3. The lowest BCUT2D eigenvalue weighted by atomic mass is 9.82. The third-order valence-corrected chi connectivity index (χ3v) is 6.27. The summed E-state index contributed by atoms with van der Waals surface area (Å²) in [5.74, 6) is 2.02. The SMILES string of the molecule is O=C=NC1(c2ccc3[nH]c4c(c3c2)C2CCN4CC2)CCCC1. The lowest BCUT2D eigenvalue weighted by Crippen LogP contribution is -2.38. The minimum absolute atomic E-state index is 0.325. The van der Waals surface area contributed by atoms with Gasteiger partial charge in [0.2, 0.25) is 6.08 Å². The molecule has 2 fully saturated rings. The Morgan fingerprint density at radius 2 is 2.00 bits per heavy atom. The summed E-state index contributed by atoms with van der Waals surface area (Å²) in [7, 11) is 0. The molecule has 4 heteroatoms. The zero-order chi connectivity index (χ0) is 15.4. The molecule has 1 N–H and O–H groups in total. The summed E-state index contributed by atoms with van der Waals surface area (Å²) in [6.45, 7) is 2.35. The predicted molar refractivity (Wildman–Crippen MR) is 90.8 cm³/mol. The van der Waals surface area contributed by atoms with Gasteiger partial charge in [0.1, 0.15) is 5.82 Å². The van der Waals surface area contributed by atoms with Gasteiger partial charge in [-0.15, -0.1) is 0 Å². The number of nitrogens with one attached hydrogen (secondary N) is 1. The molecule has 0 radical (unpaired) electrons. The van der Waals surface area contributed by atoms with Crippen molar-refractivity contribution in [3.63, 3.8) is 0 Å². The predicted octanol–water partition coefficient (Wildman–Crippen LogP) is 3.97. The van der Waals surface area contributed by atoms with Crippen LogP contribution in [0.4, 0.5) is 5.82 Å². The molecule has 1 saturated heterocycles. The van der Waals surface area contributed by atoms with Gasteiger partial charge in [-0.25, -0.2) is 4.79 Å². The highest BCUT2D eigenvalue weighted by Crippen LogP contribution is 2.48. The van der Waals surface area contributed by atoms with Gasteiger partial charge in [-0.3, -0.25) is 0 Å². The summed E-state index contributed by atoms with van der Waals surface area (Å²) in [6, 6.07) is 6.65. The van der Waals surface area contributed by atoms with Crippen molar-refractivity contribution in [2.24, 2.45) is 4.99 Å². The Bertz CT molecular complexity index is 816. The Hall–Kier alpha value is -2.06. The first-order valence-electron chi connectivity index (χ1n) is 8.81. The normalized spacial score (nSPS) is 22.3. The largest absolute Gasteiger partial charge is 0.358 e. The molecule has 1 aromatic carbocycles. The number of nitrogens with zero attached hydrogens (tertiary/aromatic N) is 2. The maximum Gasteiger partial charge on any atom is 0.235 e. The summed E-state index contributed by atoms with van der Waals surface area (Å²) < 4.78 is 0. The van der Waals surface area contributed by atoms with Crippen LogP contribution in [0.2, 0.25) is 0 Å². The first kappa shape index (κ1) is 13.4. The maximum atomic E-state index is 11.0. The third kappa shape index (κ3) is 1.79. The van der Waals surface area contributed by atoms with Gasteiger partial charge < -0.3 is 9.88 Å². The Morgan fingerprint density at radius 3 is 2.74 bits per heavy atom. The fourth-order valence-corrected chi connectivity index (χ4v) is 5.05. The number of anilines is 1. The summed E-state index contributed by atoms with van der Waals surface area (Å²) in [4.78, 5) is 21.4. The maximum absolute atomic E-state index is 11.0. The molecular weight excluding hydrogens is 286 g/mol. The van der Waals surface area contributed by atoms with Crippen LogP contribution in [-0.4, -0.2) is 24.2 Å². The van der Waals surface area contributed by atoms with E-state index in [-0.39, 0.29) is 5.54 Å². The van der Waals surface area contributed by atoms with Crippen LogP contribution in [0.25, 0.3) is 10.9 Å². The molecule has 0 atom stereocenters. The summed E-state index contributed by atoms with van der Waals surface area (Å²) in [5.41, 5.74) is 3.60. The van der Waals surface area contributed by atoms with E-state index in [4.69, 9.17) is 0 Å². The number of carbonyl (C=O) groups excluding carboxylic acids is 1. The highest BCUT2D eigenvalue weighted by molar-refractivity contribution is 5.91. The third-order valence-electron chi connectivity index (χ3n) is 6.27. The number of rotatable bonds is 2. The number of benzene rings is 1. The molecule has 4 heterocycles. The van der Waals surface area contributed by atoms with Gasteiger partial charge in [0.15, 0.2) is 0 Å². The van der Waals surface area contributed by atoms with E-state index in [0.717, 1.165) is 25.7 Å². The fraction of sp³-hybridized carbons (Fsp3) is 0.526. The van der Waals surface area contributed by atoms with Crippen molar-refractivity contribution >= 4 is 22.8 Å². The Morgan fingerprint density at radius 1 is 1.22 bits per heavy atom. The Kier molecular flexibility index (Phi) is 2.75. The van der Waals surface area contributed by atoms with E-state index < -0.39 is 0 Å². The lowest BCUT2D eigenvalue weighted by Gasteiger charge is -2.40. The van der Waals surface area contributed by atoms with Crippen molar-refractivity contribution in [2.45, 2.75) is 50.0 Å². The topological polar surface area (TPSA) is 48.5 Å². The highest BCUT2D eigenvalue weighted by Gasteiger charge is 2.38. The van der Waals surface area contributed by atoms with Gasteiger partial charge in [-0.05, 0) is 49.3 Å². The molecule has 0 amide bonds. The number of isocyanates is 1. The lowest BCUT2D eigenvalue weighted by molar-refractivity contribution is 0.456. The number of aliphatic imine (C=N–C) groups is 1. The van der Waals surface area contributed by atoms with Crippen LogP contribution in [0.3, 0.4) is 0 Å². The minimum Gasteiger partial charge on any atom is -0.358 e. The van der Waals surface area contributed by atoms with Crippen molar-refractivity contribution in [3.8, 4) is 0 Å². The van der Waals surface area contributed by atoms with Crippen molar-refractivity contribution in [1.29, 1.82) is 0 Å². The van der Waals surface area contributed by atoms with E-state index in [9.17, 15) is 4.79 Å². The van der Waals surface area contributed by atoms with Crippen LogP contribution in [0.1, 0.15) is 55.6 Å². The van der Waals surface area contributed by atoms with Gasteiger partial charge in [-0.1, -0.05) is 18.9 Å². The fourth-order valence-electron chi connectivity index (χ4n) is 5.05. The number of aromatic nitrogens is 1. The minimum atomic E-state index is -0.325. The summed E-state index contributed by atoms with van der Waals surface area (Å²) in [5, 5.41) is 1.35. The standard InChI is InChI=1S/C19H21N3O/c23-12-20-19(7-1-2-8-19)14-3-4-16-15(11-14)17-13-5-9-22(10-6-13)18(17)21-16/h3-4,11,13,21H,1-2,5-10H2. The molecule has 1 saturated carbocycles. The van der Waals surface area contributed by atoms with Crippen molar-refractivity contribution < 1.29 is 4.79 Å². The van der Waals surface area contributed by atoms with E-state index in [2.05, 4.69) is 33.1 Å².